The molecule has 0 amide bonds. The van der Waals surface area contributed by atoms with Crippen LogP contribution >= 0.6 is 12.2 Å². The first-order chi connectivity index (χ1) is 18.6. The Morgan fingerprint density at radius 1 is 0.868 bits per heavy atom. The van der Waals surface area contributed by atoms with Gasteiger partial charge in [-0.25, -0.2) is 0 Å². The molecular formula is C31H32N4O2S. The summed E-state index contributed by atoms with van der Waals surface area (Å²) < 4.78 is 13.9. The predicted octanol–water partition coefficient (Wildman–Crippen LogP) is 6.69. The Kier molecular flexibility index (Phi) is 6.77. The summed E-state index contributed by atoms with van der Waals surface area (Å²) in [6.45, 7) is 2.13. The van der Waals surface area contributed by atoms with Crippen molar-refractivity contribution in [3.63, 3.8) is 0 Å². The van der Waals surface area contributed by atoms with Crippen LogP contribution in [0.4, 0.5) is 5.69 Å². The second kappa shape index (κ2) is 10.5. The number of methoxy groups -OCH3 is 1. The van der Waals surface area contributed by atoms with Gasteiger partial charge in [-0.2, -0.15) is 0 Å². The first-order valence-electron chi connectivity index (χ1n) is 13.2. The maximum atomic E-state index is 6.23. The molecule has 0 spiro atoms. The van der Waals surface area contributed by atoms with Crippen molar-refractivity contribution in [2.24, 2.45) is 0 Å². The van der Waals surface area contributed by atoms with E-state index in [0.717, 1.165) is 52.8 Å². The molecule has 2 atom stereocenters. The number of rotatable bonds is 7. The number of ether oxygens (including phenoxy) is 2. The van der Waals surface area contributed by atoms with E-state index in [2.05, 4.69) is 76.3 Å². The molecular weight excluding hydrogens is 492 g/mol. The molecule has 1 aliphatic heterocycles. The van der Waals surface area contributed by atoms with Gasteiger partial charge in [0.15, 0.2) is 5.11 Å². The van der Waals surface area contributed by atoms with E-state index in [1.54, 1.807) is 7.11 Å². The third kappa shape index (κ3) is 4.63. The van der Waals surface area contributed by atoms with Crippen LogP contribution in [0.2, 0.25) is 0 Å². The Hall–Kier alpha value is -3.84. The highest BCUT2D eigenvalue weighted by molar-refractivity contribution is 7.80. The van der Waals surface area contributed by atoms with Crippen molar-refractivity contribution >= 4 is 23.0 Å². The van der Waals surface area contributed by atoms with Crippen molar-refractivity contribution in [1.82, 2.24) is 14.9 Å². The third-order valence-corrected chi connectivity index (χ3v) is 7.87. The fourth-order valence-electron chi connectivity index (χ4n) is 5.69. The maximum absolute atomic E-state index is 6.23. The number of aromatic nitrogens is 2. The lowest BCUT2D eigenvalue weighted by Crippen LogP contribution is -2.30. The molecule has 6 nitrogen and oxygen atoms in total. The summed E-state index contributed by atoms with van der Waals surface area (Å²) in [4.78, 5) is 6.92. The molecule has 2 fully saturated rings. The normalized spacial score (nSPS) is 19.5. The zero-order chi connectivity index (χ0) is 26.1. The van der Waals surface area contributed by atoms with Crippen LogP contribution in [0, 0.1) is 6.92 Å². The number of hydrogen-bond donors (Lipinski definition) is 1. The monoisotopic (exact) mass is 524 g/mol. The predicted molar refractivity (Wildman–Crippen MR) is 154 cm³/mol. The first kappa shape index (κ1) is 24.5. The van der Waals surface area contributed by atoms with Gasteiger partial charge in [0, 0.05) is 29.0 Å². The standard InChI is InChI=1S/C31H32N4O2S/c1-21-10-19-28(34(21)22-11-15-24(36-2)16-12-22)30-29(27-9-5-6-20-32-27)33-31(38)35(30)23-13-17-26(18-14-23)37-25-7-3-4-8-25/h5-6,9-20,25,29-30H,3-4,7-8H2,1-2H3,(H,33,38)/t29-,30+/m1/s1. The summed E-state index contributed by atoms with van der Waals surface area (Å²) in [5.74, 6) is 1.74. The number of pyridine rings is 1. The van der Waals surface area contributed by atoms with Crippen molar-refractivity contribution in [2.45, 2.75) is 50.8 Å². The van der Waals surface area contributed by atoms with Crippen molar-refractivity contribution in [3.8, 4) is 17.2 Å². The lowest BCUT2D eigenvalue weighted by molar-refractivity contribution is 0.210. The van der Waals surface area contributed by atoms with Crippen LogP contribution in [0.15, 0.2) is 85.1 Å². The minimum Gasteiger partial charge on any atom is -0.497 e. The summed E-state index contributed by atoms with van der Waals surface area (Å²) in [5.41, 5.74) is 5.31. The fraction of sp³-hybridized carbons (Fsp3) is 0.290. The van der Waals surface area contributed by atoms with Gasteiger partial charge in [-0.3, -0.25) is 4.98 Å². The van der Waals surface area contributed by atoms with Crippen molar-refractivity contribution in [1.29, 1.82) is 0 Å². The average Bonchev–Trinajstić information content (AvgIpc) is 3.69. The molecule has 2 aromatic heterocycles. The Morgan fingerprint density at radius 3 is 2.26 bits per heavy atom. The van der Waals surface area contributed by atoms with Crippen LogP contribution in [0.5, 0.6) is 11.5 Å². The maximum Gasteiger partial charge on any atom is 0.174 e. The van der Waals surface area contributed by atoms with Gasteiger partial charge in [0.2, 0.25) is 0 Å². The molecule has 1 saturated carbocycles. The molecule has 194 valence electrons. The molecule has 1 aliphatic carbocycles. The lowest BCUT2D eigenvalue weighted by atomic mass is 10.0. The van der Waals surface area contributed by atoms with Gasteiger partial charge in [0.25, 0.3) is 0 Å². The van der Waals surface area contributed by atoms with E-state index in [1.807, 2.05) is 30.5 Å². The zero-order valence-corrected chi connectivity index (χ0v) is 22.5. The van der Waals surface area contributed by atoms with Gasteiger partial charge in [0.1, 0.15) is 17.5 Å². The van der Waals surface area contributed by atoms with Crippen LogP contribution in [0.3, 0.4) is 0 Å². The van der Waals surface area contributed by atoms with Crippen LogP contribution in [0.1, 0.15) is 54.8 Å². The largest absolute Gasteiger partial charge is 0.497 e. The van der Waals surface area contributed by atoms with Gasteiger partial charge in [0.05, 0.1) is 24.9 Å². The van der Waals surface area contributed by atoms with Gasteiger partial charge in [-0.05, 0) is 118 Å². The molecule has 6 rings (SSSR count). The van der Waals surface area contributed by atoms with E-state index in [-0.39, 0.29) is 12.1 Å². The van der Waals surface area contributed by atoms with E-state index in [4.69, 9.17) is 26.7 Å². The van der Waals surface area contributed by atoms with Crippen LogP contribution in [0.25, 0.3) is 5.69 Å². The number of anilines is 1. The van der Waals surface area contributed by atoms with Gasteiger partial charge in [-0.1, -0.05) is 6.07 Å². The number of hydrogen-bond acceptors (Lipinski definition) is 4. The van der Waals surface area contributed by atoms with Crippen molar-refractivity contribution < 1.29 is 9.47 Å². The molecule has 2 aliphatic rings. The second-order valence-corrected chi connectivity index (χ2v) is 10.3. The summed E-state index contributed by atoms with van der Waals surface area (Å²) in [7, 11) is 1.69. The van der Waals surface area contributed by atoms with E-state index in [0.29, 0.717) is 11.2 Å². The SMILES string of the molecule is COc1ccc(-n2c(C)ccc2[C@H]2[C@@H](c3ccccn3)NC(=S)N2c2ccc(OC3CCCC3)cc2)cc1. The minimum absolute atomic E-state index is 0.116. The van der Waals surface area contributed by atoms with Gasteiger partial charge >= 0.3 is 0 Å². The Labute approximate surface area is 229 Å². The lowest BCUT2D eigenvalue weighted by Gasteiger charge is -2.29. The van der Waals surface area contributed by atoms with Crippen molar-refractivity contribution in [3.05, 3.63) is 102 Å². The average molecular weight is 525 g/mol. The van der Waals surface area contributed by atoms with E-state index in [1.165, 1.54) is 12.8 Å². The highest BCUT2D eigenvalue weighted by atomic mass is 32.1. The second-order valence-electron chi connectivity index (χ2n) is 9.95. The van der Waals surface area contributed by atoms with Crippen molar-refractivity contribution in [2.75, 3.05) is 12.0 Å². The van der Waals surface area contributed by atoms with E-state index < -0.39 is 0 Å². The Morgan fingerprint density at radius 2 is 1.58 bits per heavy atom. The quantitative estimate of drug-likeness (QED) is 0.272. The van der Waals surface area contributed by atoms with Gasteiger partial charge < -0.3 is 24.3 Å². The zero-order valence-electron chi connectivity index (χ0n) is 21.7. The number of nitrogens with zero attached hydrogens (tertiary/aromatic N) is 3. The summed E-state index contributed by atoms with van der Waals surface area (Å²) in [6, 6.07) is 26.7. The van der Waals surface area contributed by atoms with Gasteiger partial charge in [-0.15, -0.1) is 0 Å². The smallest absolute Gasteiger partial charge is 0.174 e. The van der Waals surface area contributed by atoms with Crippen LogP contribution < -0.4 is 19.7 Å². The molecule has 0 unspecified atom stereocenters. The number of thiocarbonyl (C=S) groups is 1. The Bertz CT molecular complexity index is 1400. The minimum atomic E-state index is -0.121. The number of nitrogens with one attached hydrogen (secondary N) is 1. The highest BCUT2D eigenvalue weighted by Crippen LogP contribution is 2.43. The fourth-order valence-corrected chi connectivity index (χ4v) is 6.04. The number of aryl methyl sites for hydroxylation is 1. The molecule has 38 heavy (non-hydrogen) atoms. The first-order valence-corrected chi connectivity index (χ1v) is 13.6. The summed E-state index contributed by atoms with van der Waals surface area (Å²) >= 11 is 5.95. The van der Waals surface area contributed by atoms with Crippen LogP contribution in [-0.2, 0) is 0 Å². The molecule has 2 aromatic carbocycles. The summed E-state index contributed by atoms with van der Waals surface area (Å²) in [6.07, 6.45) is 6.94. The summed E-state index contributed by atoms with van der Waals surface area (Å²) in [5, 5.41) is 4.25. The molecule has 1 N–H and O–H groups in total. The molecule has 0 bridgehead atoms. The molecule has 0 radical (unpaired) electrons. The molecule has 3 heterocycles. The van der Waals surface area contributed by atoms with E-state index >= 15 is 0 Å². The highest BCUT2D eigenvalue weighted by Gasteiger charge is 2.42. The third-order valence-electron chi connectivity index (χ3n) is 7.56. The van der Waals surface area contributed by atoms with Crippen LogP contribution in [-0.4, -0.2) is 27.9 Å². The number of benzene rings is 2. The molecule has 1 saturated heterocycles. The van der Waals surface area contributed by atoms with E-state index in [9.17, 15) is 0 Å². The topological polar surface area (TPSA) is 51.5 Å². The Balaban J connectivity index is 1.41. The molecule has 4 aromatic rings. The molecule has 7 heteroatoms.